The molecule has 1 unspecified atom stereocenters. The Balaban J connectivity index is 1.76. The van der Waals surface area contributed by atoms with Crippen molar-refractivity contribution in [1.29, 1.82) is 0 Å². The minimum absolute atomic E-state index is 0.0683. The van der Waals surface area contributed by atoms with Crippen LogP contribution in [-0.2, 0) is 4.79 Å². The number of aromatic nitrogens is 4. The second kappa shape index (κ2) is 6.70. The van der Waals surface area contributed by atoms with Gasteiger partial charge in [0.05, 0.1) is 0 Å². The lowest BCUT2D eigenvalue weighted by molar-refractivity contribution is -0.118. The first-order valence-electron chi connectivity index (χ1n) is 8.00. The zero-order valence-electron chi connectivity index (χ0n) is 14.0. The van der Waals surface area contributed by atoms with Gasteiger partial charge in [-0.3, -0.25) is 9.89 Å². The van der Waals surface area contributed by atoms with Crippen molar-refractivity contribution < 1.29 is 4.79 Å². The summed E-state index contributed by atoms with van der Waals surface area (Å²) in [7, 11) is 0. The van der Waals surface area contributed by atoms with Crippen LogP contribution >= 0.6 is 0 Å². The largest absolute Gasteiger partial charge is 0.342 e. The maximum absolute atomic E-state index is 12.4. The van der Waals surface area contributed by atoms with Gasteiger partial charge in [0, 0.05) is 29.6 Å². The number of aromatic amines is 1. The molecule has 2 aromatic heterocycles. The predicted molar refractivity (Wildman–Crippen MR) is 93.7 cm³/mol. The number of benzene rings is 1. The van der Waals surface area contributed by atoms with Gasteiger partial charge in [0.2, 0.25) is 5.91 Å². The van der Waals surface area contributed by atoms with E-state index in [0.717, 1.165) is 17.1 Å². The fraction of sp³-hybridized carbons (Fsp3) is 0.278. The fourth-order valence-corrected chi connectivity index (χ4v) is 2.39. The molecule has 0 aliphatic heterocycles. The summed E-state index contributed by atoms with van der Waals surface area (Å²) in [6.45, 7) is 5.98. The second-order valence-corrected chi connectivity index (χ2v) is 6.08. The Labute approximate surface area is 140 Å². The first kappa shape index (κ1) is 16.0. The molecule has 0 radical (unpaired) electrons. The monoisotopic (exact) mass is 323 g/mol. The number of nitrogens with zero attached hydrogens (tertiary/aromatic N) is 3. The first-order valence-corrected chi connectivity index (χ1v) is 8.00. The van der Waals surface area contributed by atoms with E-state index in [0.29, 0.717) is 5.82 Å². The lowest BCUT2D eigenvalue weighted by Gasteiger charge is -2.14. The molecule has 1 atom stereocenters. The van der Waals surface area contributed by atoms with Gasteiger partial charge in [0.15, 0.2) is 5.82 Å². The van der Waals surface area contributed by atoms with Crippen LogP contribution in [0.25, 0.3) is 11.4 Å². The number of anilines is 1. The van der Waals surface area contributed by atoms with Crippen LogP contribution in [-0.4, -0.2) is 25.7 Å². The maximum atomic E-state index is 12.4. The smallest absolute Gasteiger partial charge is 0.247 e. The molecular formula is C18H21N5O. The Bertz CT molecular complexity index is 820. The Morgan fingerprint density at radius 2 is 1.92 bits per heavy atom. The van der Waals surface area contributed by atoms with Gasteiger partial charge >= 0.3 is 0 Å². The molecule has 6 heteroatoms. The number of hydrogen-bond donors (Lipinski definition) is 2. The van der Waals surface area contributed by atoms with Gasteiger partial charge in [0.25, 0.3) is 0 Å². The molecule has 2 heterocycles. The molecule has 0 spiro atoms. The van der Waals surface area contributed by atoms with E-state index in [9.17, 15) is 4.79 Å². The normalized spacial score (nSPS) is 12.3. The molecular weight excluding hydrogens is 302 g/mol. The summed E-state index contributed by atoms with van der Waals surface area (Å²) < 4.78 is 1.86. The number of nitrogens with one attached hydrogen (secondary N) is 2. The summed E-state index contributed by atoms with van der Waals surface area (Å²) in [6, 6.07) is 11.1. The van der Waals surface area contributed by atoms with Crippen LogP contribution in [0.1, 0.15) is 38.6 Å². The third-order valence-electron chi connectivity index (χ3n) is 3.89. The molecule has 124 valence electrons. The first-order chi connectivity index (χ1) is 11.5. The van der Waals surface area contributed by atoms with Gasteiger partial charge in [-0.25, -0.2) is 4.98 Å². The van der Waals surface area contributed by atoms with Gasteiger partial charge in [-0.2, -0.15) is 5.10 Å². The van der Waals surface area contributed by atoms with Gasteiger partial charge < -0.3 is 9.88 Å². The highest BCUT2D eigenvalue weighted by molar-refractivity contribution is 5.94. The molecule has 3 aromatic rings. The topological polar surface area (TPSA) is 75.6 Å². The van der Waals surface area contributed by atoms with Crippen molar-refractivity contribution in [1.82, 2.24) is 19.7 Å². The Morgan fingerprint density at radius 1 is 1.17 bits per heavy atom. The van der Waals surface area contributed by atoms with Crippen molar-refractivity contribution in [3.05, 3.63) is 54.6 Å². The van der Waals surface area contributed by atoms with E-state index in [1.54, 1.807) is 0 Å². The van der Waals surface area contributed by atoms with E-state index >= 15 is 0 Å². The zero-order chi connectivity index (χ0) is 17.1. The SMILES string of the molecule is CC(C)c1nc(-c2cccc(NC(=O)C(C)n3cccc3)c2)n[nH]1. The summed E-state index contributed by atoms with van der Waals surface area (Å²) in [5.41, 5.74) is 1.59. The van der Waals surface area contributed by atoms with Gasteiger partial charge in [-0.15, -0.1) is 0 Å². The number of rotatable bonds is 5. The number of H-pyrrole nitrogens is 1. The van der Waals surface area contributed by atoms with Crippen LogP contribution < -0.4 is 5.32 Å². The third kappa shape index (κ3) is 3.37. The highest BCUT2D eigenvalue weighted by Crippen LogP contribution is 2.21. The maximum Gasteiger partial charge on any atom is 0.247 e. The number of carbonyl (C=O) groups is 1. The van der Waals surface area contributed by atoms with Gasteiger partial charge in [-0.1, -0.05) is 26.0 Å². The lowest BCUT2D eigenvalue weighted by atomic mass is 10.1. The van der Waals surface area contributed by atoms with Crippen molar-refractivity contribution in [2.45, 2.75) is 32.7 Å². The highest BCUT2D eigenvalue weighted by Gasteiger charge is 2.15. The average Bonchev–Trinajstić information content (AvgIpc) is 3.26. The van der Waals surface area contributed by atoms with Crippen LogP contribution in [0.2, 0.25) is 0 Å². The van der Waals surface area contributed by atoms with E-state index in [-0.39, 0.29) is 17.9 Å². The number of amides is 1. The van der Waals surface area contributed by atoms with Gasteiger partial charge in [-0.05, 0) is 31.2 Å². The van der Waals surface area contributed by atoms with Crippen LogP contribution in [0.3, 0.4) is 0 Å². The molecule has 3 rings (SSSR count). The Hall–Kier alpha value is -2.89. The minimum atomic E-state index is -0.278. The molecule has 1 amide bonds. The van der Waals surface area contributed by atoms with Crippen molar-refractivity contribution in [3.63, 3.8) is 0 Å². The number of carbonyl (C=O) groups excluding carboxylic acids is 1. The lowest BCUT2D eigenvalue weighted by Crippen LogP contribution is -2.22. The van der Waals surface area contributed by atoms with Crippen molar-refractivity contribution in [2.75, 3.05) is 5.32 Å². The average molecular weight is 323 g/mol. The fourth-order valence-electron chi connectivity index (χ4n) is 2.39. The van der Waals surface area contributed by atoms with E-state index in [2.05, 4.69) is 34.3 Å². The molecule has 1 aromatic carbocycles. The molecule has 0 aliphatic rings. The molecule has 6 nitrogen and oxygen atoms in total. The Morgan fingerprint density at radius 3 is 2.58 bits per heavy atom. The molecule has 0 aliphatic carbocycles. The molecule has 24 heavy (non-hydrogen) atoms. The van der Waals surface area contributed by atoms with Crippen LogP contribution in [0.15, 0.2) is 48.8 Å². The van der Waals surface area contributed by atoms with E-state index in [1.165, 1.54) is 0 Å². The van der Waals surface area contributed by atoms with Crippen molar-refractivity contribution in [3.8, 4) is 11.4 Å². The zero-order valence-corrected chi connectivity index (χ0v) is 14.0. The molecule has 0 bridgehead atoms. The summed E-state index contributed by atoms with van der Waals surface area (Å²) >= 11 is 0. The quantitative estimate of drug-likeness (QED) is 0.753. The van der Waals surface area contributed by atoms with Crippen LogP contribution in [0, 0.1) is 0 Å². The highest BCUT2D eigenvalue weighted by atomic mass is 16.2. The van der Waals surface area contributed by atoms with E-state index < -0.39 is 0 Å². The summed E-state index contributed by atoms with van der Waals surface area (Å²) in [5.74, 6) is 1.70. The van der Waals surface area contributed by atoms with E-state index in [4.69, 9.17) is 0 Å². The molecule has 0 saturated heterocycles. The summed E-state index contributed by atoms with van der Waals surface area (Å²) in [4.78, 5) is 16.9. The predicted octanol–water partition coefficient (Wildman–Crippen LogP) is 3.60. The second-order valence-electron chi connectivity index (χ2n) is 6.08. The minimum Gasteiger partial charge on any atom is -0.342 e. The molecule has 2 N–H and O–H groups in total. The third-order valence-corrected chi connectivity index (χ3v) is 3.89. The standard InChI is InChI=1S/C18H21N5O/c1-12(2)16-20-17(22-21-16)14-7-6-8-15(11-14)19-18(24)13(3)23-9-4-5-10-23/h4-13H,1-3H3,(H,19,24)(H,20,21,22). The summed E-state index contributed by atoms with van der Waals surface area (Å²) in [6.07, 6.45) is 3.75. The number of hydrogen-bond acceptors (Lipinski definition) is 3. The summed E-state index contributed by atoms with van der Waals surface area (Å²) in [5, 5.41) is 10.1. The molecule has 0 saturated carbocycles. The van der Waals surface area contributed by atoms with Gasteiger partial charge in [0.1, 0.15) is 11.9 Å². The molecule has 0 fully saturated rings. The Kier molecular flexibility index (Phi) is 4.46. The van der Waals surface area contributed by atoms with Crippen molar-refractivity contribution in [2.24, 2.45) is 0 Å². The van der Waals surface area contributed by atoms with E-state index in [1.807, 2.05) is 60.3 Å². The van der Waals surface area contributed by atoms with Crippen molar-refractivity contribution >= 4 is 11.6 Å². The van der Waals surface area contributed by atoms with Crippen LogP contribution in [0.5, 0.6) is 0 Å². The van der Waals surface area contributed by atoms with Crippen LogP contribution in [0.4, 0.5) is 5.69 Å².